The van der Waals surface area contributed by atoms with Gasteiger partial charge in [-0.15, -0.1) is 10.2 Å². The molecule has 7 heteroatoms. The molecular weight excluding hydrogens is 320 g/mol. The minimum atomic E-state index is -1.01. The third-order valence-electron chi connectivity index (χ3n) is 2.18. The van der Waals surface area contributed by atoms with Crippen molar-refractivity contribution in [3.05, 3.63) is 28.2 Å². The molecule has 18 heavy (non-hydrogen) atoms. The van der Waals surface area contributed by atoms with Crippen LogP contribution in [0.4, 0.5) is 0 Å². The maximum absolute atomic E-state index is 10.8. The molecule has 0 saturated heterocycles. The van der Waals surface area contributed by atoms with Gasteiger partial charge in [0, 0.05) is 4.47 Å². The summed E-state index contributed by atoms with van der Waals surface area (Å²) in [5.41, 5.74) is 2.33. The van der Waals surface area contributed by atoms with Crippen LogP contribution in [0, 0.1) is 0 Å². The topological polar surface area (TPSA) is 72.3 Å². The Hall–Kier alpha value is -1.47. The van der Waals surface area contributed by atoms with Crippen molar-refractivity contribution in [1.29, 1.82) is 0 Å². The first-order chi connectivity index (χ1) is 8.58. The molecule has 1 aromatic heterocycles. The van der Waals surface area contributed by atoms with Crippen molar-refractivity contribution < 1.29 is 14.6 Å². The van der Waals surface area contributed by atoms with E-state index in [0.717, 1.165) is 10.0 Å². The molecule has 1 N–H and O–H groups in total. The highest BCUT2D eigenvalue weighted by atomic mass is 79.9. The third kappa shape index (κ3) is 2.85. The number of hydrogen-bond acceptors (Lipinski definition) is 5. The Balaban J connectivity index is 2.38. The fourth-order valence-corrected chi connectivity index (χ4v) is 2.24. The van der Waals surface area contributed by atoms with Crippen molar-refractivity contribution >= 4 is 33.2 Å². The van der Waals surface area contributed by atoms with Gasteiger partial charge in [0.25, 0.3) is 0 Å². The first-order valence-corrected chi connectivity index (χ1v) is 6.70. The van der Waals surface area contributed by atoms with E-state index < -0.39 is 12.1 Å². The lowest BCUT2D eigenvalue weighted by Crippen LogP contribution is -2.23. The highest BCUT2D eigenvalue weighted by molar-refractivity contribution is 9.10. The van der Waals surface area contributed by atoms with Crippen LogP contribution in [0.1, 0.15) is 6.92 Å². The third-order valence-corrected chi connectivity index (χ3v) is 3.40. The van der Waals surface area contributed by atoms with Gasteiger partial charge in [0.05, 0.1) is 5.56 Å². The number of nitrogens with zero attached hydrogens (tertiary/aromatic N) is 2. The Bertz CT molecular complexity index is 559. The molecule has 1 atom stereocenters. The Morgan fingerprint density at radius 1 is 1.56 bits per heavy atom. The van der Waals surface area contributed by atoms with Gasteiger partial charge in [0.1, 0.15) is 11.3 Å². The van der Waals surface area contributed by atoms with E-state index in [0.29, 0.717) is 10.8 Å². The number of rotatable bonds is 4. The highest BCUT2D eigenvalue weighted by Gasteiger charge is 2.17. The molecule has 0 bridgehead atoms. The smallest absolute Gasteiger partial charge is 0.344 e. The van der Waals surface area contributed by atoms with E-state index >= 15 is 0 Å². The van der Waals surface area contributed by atoms with Gasteiger partial charge in [-0.25, -0.2) is 4.79 Å². The van der Waals surface area contributed by atoms with Crippen LogP contribution < -0.4 is 4.74 Å². The molecule has 0 aliphatic heterocycles. The first kappa shape index (κ1) is 13.0. The van der Waals surface area contributed by atoms with Crippen molar-refractivity contribution in [3.8, 4) is 16.3 Å². The van der Waals surface area contributed by atoms with Crippen LogP contribution in [0.25, 0.3) is 10.6 Å². The van der Waals surface area contributed by atoms with Gasteiger partial charge in [-0.2, -0.15) is 0 Å². The summed E-state index contributed by atoms with van der Waals surface area (Å²) in [6.45, 7) is 1.48. The summed E-state index contributed by atoms with van der Waals surface area (Å²) in [6.07, 6.45) is -0.919. The van der Waals surface area contributed by atoms with Crippen molar-refractivity contribution in [1.82, 2.24) is 10.2 Å². The minimum absolute atomic E-state index is 0.477. The second-order valence-corrected chi connectivity index (χ2v) is 5.23. The number of carboxylic acid groups (broad SMARTS) is 1. The van der Waals surface area contributed by atoms with Crippen molar-refractivity contribution in [2.45, 2.75) is 13.0 Å². The molecule has 1 aromatic carbocycles. The Morgan fingerprint density at radius 3 is 2.94 bits per heavy atom. The van der Waals surface area contributed by atoms with Gasteiger partial charge in [0.15, 0.2) is 11.1 Å². The molecule has 2 rings (SSSR count). The van der Waals surface area contributed by atoms with Crippen LogP contribution in [0.15, 0.2) is 28.2 Å². The summed E-state index contributed by atoms with van der Waals surface area (Å²) in [5, 5.41) is 17.3. The molecule has 0 fully saturated rings. The normalized spacial score (nSPS) is 12.1. The largest absolute Gasteiger partial charge is 0.479 e. The number of halogens is 1. The van der Waals surface area contributed by atoms with Crippen LogP contribution in [-0.4, -0.2) is 27.4 Å². The van der Waals surface area contributed by atoms with Crippen LogP contribution in [0.2, 0.25) is 0 Å². The number of carboxylic acids is 1. The molecule has 1 heterocycles. The Morgan fingerprint density at radius 2 is 2.33 bits per heavy atom. The van der Waals surface area contributed by atoms with Crippen LogP contribution >= 0.6 is 27.3 Å². The lowest BCUT2D eigenvalue weighted by atomic mass is 10.2. The SMILES string of the molecule is C[C@H](Oc1ccc(Br)cc1-c1nncs1)C(=O)O. The van der Waals surface area contributed by atoms with Crippen LogP contribution in [0.3, 0.4) is 0 Å². The van der Waals surface area contributed by atoms with Gasteiger partial charge in [0.2, 0.25) is 0 Å². The summed E-state index contributed by atoms with van der Waals surface area (Å²) in [6, 6.07) is 5.32. The van der Waals surface area contributed by atoms with E-state index in [1.165, 1.54) is 18.3 Å². The summed E-state index contributed by atoms with van der Waals surface area (Å²) in [7, 11) is 0. The molecule has 94 valence electrons. The van der Waals surface area contributed by atoms with E-state index in [1.807, 2.05) is 6.07 Å². The van der Waals surface area contributed by atoms with Gasteiger partial charge >= 0.3 is 5.97 Å². The van der Waals surface area contributed by atoms with E-state index in [1.54, 1.807) is 17.6 Å². The van der Waals surface area contributed by atoms with Crippen molar-refractivity contribution in [2.24, 2.45) is 0 Å². The second-order valence-electron chi connectivity index (χ2n) is 3.48. The number of benzene rings is 1. The standard InChI is InChI=1S/C11H9BrN2O3S/c1-6(11(15)16)17-9-3-2-7(12)4-8(9)10-14-13-5-18-10/h2-6H,1H3,(H,15,16)/t6-/m0/s1. The van der Waals surface area contributed by atoms with Gasteiger partial charge < -0.3 is 9.84 Å². The molecule has 0 saturated carbocycles. The monoisotopic (exact) mass is 328 g/mol. The lowest BCUT2D eigenvalue weighted by Gasteiger charge is -2.13. The fourth-order valence-electron chi connectivity index (χ4n) is 1.30. The average Bonchev–Trinajstić information content (AvgIpc) is 2.84. The van der Waals surface area contributed by atoms with E-state index in [2.05, 4.69) is 26.1 Å². The molecule has 0 unspecified atom stereocenters. The minimum Gasteiger partial charge on any atom is -0.479 e. The summed E-state index contributed by atoms with van der Waals surface area (Å²) >= 11 is 4.73. The lowest BCUT2D eigenvalue weighted by molar-refractivity contribution is -0.144. The Labute approximate surface area is 116 Å². The molecule has 0 spiro atoms. The average molecular weight is 329 g/mol. The maximum Gasteiger partial charge on any atom is 0.344 e. The Kier molecular flexibility index (Phi) is 3.93. The summed E-state index contributed by atoms with van der Waals surface area (Å²) in [4.78, 5) is 10.8. The molecule has 0 radical (unpaired) electrons. The quantitative estimate of drug-likeness (QED) is 0.934. The van der Waals surface area contributed by atoms with E-state index in [4.69, 9.17) is 9.84 Å². The number of carbonyl (C=O) groups is 1. The van der Waals surface area contributed by atoms with Gasteiger partial charge in [-0.1, -0.05) is 27.3 Å². The molecule has 0 aliphatic carbocycles. The maximum atomic E-state index is 10.8. The highest BCUT2D eigenvalue weighted by Crippen LogP contribution is 2.33. The number of ether oxygens (including phenoxy) is 1. The summed E-state index contributed by atoms with van der Waals surface area (Å²) in [5.74, 6) is -0.536. The molecule has 2 aromatic rings. The first-order valence-electron chi connectivity index (χ1n) is 5.03. The predicted octanol–water partition coefficient (Wildman–Crippen LogP) is 2.82. The number of aromatic nitrogens is 2. The van der Waals surface area contributed by atoms with Crippen LogP contribution in [0.5, 0.6) is 5.75 Å². The van der Waals surface area contributed by atoms with Gasteiger partial charge in [-0.05, 0) is 25.1 Å². The van der Waals surface area contributed by atoms with Gasteiger partial charge in [-0.3, -0.25) is 0 Å². The van der Waals surface area contributed by atoms with Crippen molar-refractivity contribution in [2.75, 3.05) is 0 Å². The van der Waals surface area contributed by atoms with E-state index in [9.17, 15) is 4.79 Å². The zero-order valence-corrected chi connectivity index (χ0v) is 11.7. The number of aliphatic carboxylic acids is 1. The zero-order chi connectivity index (χ0) is 13.1. The molecule has 0 aliphatic rings. The zero-order valence-electron chi connectivity index (χ0n) is 9.33. The number of hydrogen-bond donors (Lipinski definition) is 1. The van der Waals surface area contributed by atoms with Crippen LogP contribution in [-0.2, 0) is 4.79 Å². The summed E-state index contributed by atoms with van der Waals surface area (Å²) < 4.78 is 6.27. The molecule has 5 nitrogen and oxygen atoms in total. The molecular formula is C11H9BrN2O3S. The van der Waals surface area contributed by atoms with Crippen molar-refractivity contribution in [3.63, 3.8) is 0 Å². The van der Waals surface area contributed by atoms with E-state index in [-0.39, 0.29) is 0 Å². The fraction of sp³-hybridized carbons (Fsp3) is 0.182. The second kappa shape index (κ2) is 5.45. The predicted molar refractivity (Wildman–Crippen MR) is 70.8 cm³/mol. The molecule has 0 amide bonds.